The van der Waals surface area contributed by atoms with E-state index < -0.39 is 0 Å². The molecule has 0 spiro atoms. The second kappa shape index (κ2) is 13.0. The average Bonchev–Trinajstić information content (AvgIpc) is 2.99. The number of methoxy groups -OCH3 is 2. The number of ether oxygens (including phenoxy) is 3. The van der Waals surface area contributed by atoms with E-state index in [1.54, 1.807) is 45.5 Å². The van der Waals surface area contributed by atoms with Crippen LogP contribution in [-0.2, 0) is 0 Å². The van der Waals surface area contributed by atoms with Gasteiger partial charge >= 0.3 is 5.63 Å². The highest BCUT2D eigenvalue weighted by atomic mass is 16.5. The zero-order valence-corrected chi connectivity index (χ0v) is 22.7. The minimum absolute atomic E-state index is 0.179. The third kappa shape index (κ3) is 6.59. The van der Waals surface area contributed by atoms with Gasteiger partial charge in [0, 0.05) is 35.7 Å². The fraction of sp³-hybridized carbons (Fsp3) is 0.290. The summed E-state index contributed by atoms with van der Waals surface area (Å²) in [4.78, 5) is 22.7. The highest BCUT2D eigenvalue weighted by molar-refractivity contribution is 5.84. The number of nitrogens with one attached hydrogen (secondary N) is 2. The van der Waals surface area contributed by atoms with Gasteiger partial charge in [-0.3, -0.25) is 4.79 Å². The monoisotopic (exact) mass is 530 g/mol. The molecule has 1 saturated heterocycles. The van der Waals surface area contributed by atoms with Crippen LogP contribution in [0.3, 0.4) is 0 Å². The summed E-state index contributed by atoms with van der Waals surface area (Å²) in [6, 6.07) is 18.7. The molecular formula is C31H34N2O6. The molecule has 5 rings (SSSR count). The molecule has 4 aromatic rings. The number of aryl methyl sites for hydroxylation is 1. The van der Waals surface area contributed by atoms with E-state index in [1.165, 1.54) is 0 Å². The van der Waals surface area contributed by atoms with Crippen LogP contribution < -0.4 is 30.5 Å². The van der Waals surface area contributed by atoms with Gasteiger partial charge in [0.2, 0.25) is 0 Å². The van der Waals surface area contributed by atoms with Gasteiger partial charge in [-0.1, -0.05) is 12.1 Å². The fourth-order valence-electron chi connectivity index (χ4n) is 4.52. The van der Waals surface area contributed by atoms with Gasteiger partial charge in [-0.15, -0.1) is 0 Å². The topological polar surface area (TPSA) is 99.0 Å². The van der Waals surface area contributed by atoms with E-state index in [2.05, 4.69) is 10.6 Å². The highest BCUT2D eigenvalue weighted by Crippen LogP contribution is 2.32. The Morgan fingerprint density at radius 3 is 2.54 bits per heavy atom. The number of piperidine rings is 1. The van der Waals surface area contributed by atoms with E-state index in [9.17, 15) is 9.59 Å². The smallest absolute Gasteiger partial charge is 0.359 e. The van der Waals surface area contributed by atoms with Gasteiger partial charge < -0.3 is 29.3 Å². The van der Waals surface area contributed by atoms with Crippen molar-refractivity contribution in [2.75, 3.05) is 39.7 Å². The van der Waals surface area contributed by atoms with Crippen LogP contribution in [0, 0.1) is 6.92 Å². The van der Waals surface area contributed by atoms with Crippen molar-refractivity contribution in [2.24, 2.45) is 0 Å². The second-order valence-corrected chi connectivity index (χ2v) is 9.20. The van der Waals surface area contributed by atoms with Crippen molar-refractivity contribution in [1.82, 2.24) is 5.32 Å². The third-order valence-corrected chi connectivity index (χ3v) is 6.66. The molecule has 8 nitrogen and oxygen atoms in total. The van der Waals surface area contributed by atoms with E-state index in [0.29, 0.717) is 16.8 Å². The van der Waals surface area contributed by atoms with Gasteiger partial charge in [-0.2, -0.15) is 0 Å². The van der Waals surface area contributed by atoms with Crippen LogP contribution in [-0.4, -0.2) is 46.7 Å². The molecule has 0 bridgehead atoms. The lowest BCUT2D eigenvalue weighted by atomic mass is 10.0. The fourth-order valence-corrected chi connectivity index (χ4v) is 4.52. The summed E-state index contributed by atoms with van der Waals surface area (Å²) in [5.74, 6) is 2.29. The lowest BCUT2D eigenvalue weighted by Crippen LogP contribution is -2.37. The Morgan fingerprint density at radius 1 is 1.03 bits per heavy atom. The third-order valence-electron chi connectivity index (χ3n) is 6.66. The minimum atomic E-state index is -0.357. The first kappa shape index (κ1) is 27.7. The Kier molecular flexibility index (Phi) is 9.22. The number of fused-ring (bicyclic) bond motifs is 1. The zero-order chi connectivity index (χ0) is 27.8. The Hall–Kier alpha value is -4.30. The van der Waals surface area contributed by atoms with Crippen molar-refractivity contribution in [3.8, 4) is 28.4 Å². The van der Waals surface area contributed by atoms with E-state index in [0.717, 1.165) is 71.5 Å². The number of carbonyl (C=O) groups excluding carboxylic acids is 1. The van der Waals surface area contributed by atoms with Gasteiger partial charge in [0.25, 0.3) is 0 Å². The minimum Gasteiger partial charge on any atom is -0.497 e. The van der Waals surface area contributed by atoms with Crippen molar-refractivity contribution in [3.63, 3.8) is 0 Å². The van der Waals surface area contributed by atoms with E-state index in [1.807, 2.05) is 43.3 Å². The zero-order valence-electron chi connectivity index (χ0n) is 22.7. The van der Waals surface area contributed by atoms with Crippen molar-refractivity contribution in [2.45, 2.75) is 25.9 Å². The maximum atomic E-state index is 11.8. The molecule has 1 aromatic heterocycles. The SMILES string of the molecule is CNc1cc2ccc(OC3CCCNC3)c(C)c2oc1=O.COc1cccc(-c2cc(C=O)ccc2OC)c1. The van der Waals surface area contributed by atoms with Gasteiger partial charge in [0.1, 0.15) is 40.9 Å². The normalized spacial score (nSPS) is 14.6. The molecule has 1 atom stereocenters. The summed E-state index contributed by atoms with van der Waals surface area (Å²) in [5, 5.41) is 7.06. The number of hydrogen-bond acceptors (Lipinski definition) is 8. The molecule has 204 valence electrons. The molecule has 2 N–H and O–H groups in total. The molecule has 1 aliphatic rings. The van der Waals surface area contributed by atoms with Crippen molar-refractivity contribution < 1.29 is 23.4 Å². The van der Waals surface area contributed by atoms with Crippen LogP contribution in [0.15, 0.2) is 69.9 Å². The Balaban J connectivity index is 0.000000183. The molecule has 8 heteroatoms. The van der Waals surface area contributed by atoms with Gasteiger partial charge in [-0.05, 0) is 80.4 Å². The molecule has 0 aliphatic carbocycles. The maximum absolute atomic E-state index is 11.8. The number of carbonyl (C=O) groups is 1. The first-order chi connectivity index (χ1) is 19.0. The first-order valence-corrected chi connectivity index (χ1v) is 12.9. The maximum Gasteiger partial charge on any atom is 0.359 e. The second-order valence-electron chi connectivity index (χ2n) is 9.20. The molecule has 0 saturated carbocycles. The van der Waals surface area contributed by atoms with Crippen LogP contribution in [0.1, 0.15) is 28.8 Å². The molecule has 1 unspecified atom stereocenters. The number of aldehydes is 1. The lowest BCUT2D eigenvalue weighted by Gasteiger charge is -2.24. The standard InChI is InChI=1S/C16H20N2O3.C15H14O3/c1-10-14(20-12-4-3-7-18-9-12)6-5-11-8-13(17-2)16(19)21-15(10)11;1-17-13-5-3-4-12(9-13)14-8-11(10-16)6-7-15(14)18-2/h5-6,8,12,17-18H,3-4,7,9H2,1-2H3;3-10H,1-2H3. The molecule has 39 heavy (non-hydrogen) atoms. The van der Waals surface area contributed by atoms with Crippen LogP contribution in [0.5, 0.6) is 17.2 Å². The number of benzene rings is 3. The van der Waals surface area contributed by atoms with Gasteiger partial charge in [-0.25, -0.2) is 4.79 Å². The van der Waals surface area contributed by atoms with Crippen LogP contribution in [0.2, 0.25) is 0 Å². The lowest BCUT2D eigenvalue weighted by molar-refractivity contribution is 0.112. The summed E-state index contributed by atoms with van der Waals surface area (Å²) in [6.07, 6.45) is 3.17. The van der Waals surface area contributed by atoms with E-state index in [4.69, 9.17) is 18.6 Å². The Labute approximate surface area is 227 Å². The van der Waals surface area contributed by atoms with E-state index in [-0.39, 0.29) is 11.7 Å². The Bertz CT molecular complexity index is 1490. The van der Waals surface area contributed by atoms with Crippen molar-refractivity contribution in [1.29, 1.82) is 0 Å². The van der Waals surface area contributed by atoms with Gasteiger partial charge in [0.05, 0.1) is 14.2 Å². The largest absolute Gasteiger partial charge is 0.497 e. The Morgan fingerprint density at radius 2 is 1.85 bits per heavy atom. The molecule has 2 heterocycles. The predicted molar refractivity (Wildman–Crippen MR) is 154 cm³/mol. The van der Waals surface area contributed by atoms with Crippen LogP contribution >= 0.6 is 0 Å². The summed E-state index contributed by atoms with van der Waals surface area (Å²) in [7, 11) is 4.94. The molecule has 1 fully saturated rings. The first-order valence-electron chi connectivity index (χ1n) is 12.9. The summed E-state index contributed by atoms with van der Waals surface area (Å²) in [6.45, 7) is 3.84. The summed E-state index contributed by atoms with van der Waals surface area (Å²) in [5.41, 5.74) is 4.03. The number of anilines is 1. The van der Waals surface area contributed by atoms with Gasteiger partial charge in [0.15, 0.2) is 0 Å². The van der Waals surface area contributed by atoms with Crippen molar-refractivity contribution >= 4 is 22.9 Å². The molecular weight excluding hydrogens is 496 g/mol. The molecule has 0 amide bonds. The molecule has 3 aromatic carbocycles. The number of hydrogen-bond donors (Lipinski definition) is 2. The number of rotatable bonds is 7. The summed E-state index contributed by atoms with van der Waals surface area (Å²) >= 11 is 0. The molecule has 1 aliphatic heterocycles. The quantitative estimate of drug-likeness (QED) is 0.240. The van der Waals surface area contributed by atoms with E-state index >= 15 is 0 Å². The van der Waals surface area contributed by atoms with Crippen LogP contribution in [0.25, 0.3) is 22.1 Å². The van der Waals surface area contributed by atoms with Crippen molar-refractivity contribution in [3.05, 3.63) is 82.2 Å². The molecule has 0 radical (unpaired) electrons. The average molecular weight is 531 g/mol. The predicted octanol–water partition coefficient (Wildman–Crippen LogP) is 5.46. The summed E-state index contributed by atoms with van der Waals surface area (Å²) < 4.78 is 22.0. The van der Waals surface area contributed by atoms with Crippen LogP contribution in [0.4, 0.5) is 5.69 Å². The highest BCUT2D eigenvalue weighted by Gasteiger charge is 2.17.